The molecule has 1 heterocycles. The van der Waals surface area contributed by atoms with Crippen LogP contribution in [-0.4, -0.2) is 22.4 Å². The Kier molecular flexibility index (Phi) is 4.14. The van der Waals surface area contributed by atoms with Crippen molar-refractivity contribution in [1.82, 2.24) is 10.3 Å². The Bertz CT molecular complexity index is 607. The molecule has 0 saturated heterocycles. The number of hydrogen-bond donors (Lipinski definition) is 2. The Morgan fingerprint density at radius 1 is 1.40 bits per heavy atom. The van der Waals surface area contributed by atoms with Gasteiger partial charge in [-0.1, -0.05) is 37.3 Å². The average Bonchev–Trinajstić information content (AvgIpc) is 2.95. The second-order valence-electron chi connectivity index (χ2n) is 4.55. The average molecular weight is 273 g/mol. The highest BCUT2D eigenvalue weighted by atomic mass is 16.6. The van der Waals surface area contributed by atoms with E-state index in [9.17, 15) is 14.9 Å². The number of H-pyrrole nitrogens is 1. The third kappa shape index (κ3) is 3.23. The topological polar surface area (TPSA) is 88.0 Å². The molecule has 104 valence electrons. The summed E-state index contributed by atoms with van der Waals surface area (Å²) in [4.78, 5) is 24.4. The van der Waals surface area contributed by atoms with E-state index < -0.39 is 4.92 Å². The van der Waals surface area contributed by atoms with Crippen LogP contribution in [0.3, 0.4) is 0 Å². The molecule has 2 N–H and O–H groups in total. The summed E-state index contributed by atoms with van der Waals surface area (Å²) >= 11 is 0. The Morgan fingerprint density at radius 3 is 2.70 bits per heavy atom. The van der Waals surface area contributed by atoms with Gasteiger partial charge >= 0.3 is 0 Å². The highest BCUT2D eigenvalue weighted by molar-refractivity contribution is 5.93. The maximum Gasteiger partial charge on any atom is 0.287 e. The van der Waals surface area contributed by atoms with Crippen LogP contribution in [0, 0.1) is 10.1 Å². The van der Waals surface area contributed by atoms with E-state index in [1.165, 1.54) is 12.3 Å². The number of hydrogen-bond acceptors (Lipinski definition) is 3. The lowest BCUT2D eigenvalue weighted by Gasteiger charge is -2.12. The molecule has 0 bridgehead atoms. The zero-order valence-electron chi connectivity index (χ0n) is 11.0. The van der Waals surface area contributed by atoms with E-state index in [-0.39, 0.29) is 23.2 Å². The number of nitrogens with one attached hydrogen (secondary N) is 2. The van der Waals surface area contributed by atoms with E-state index in [1.54, 1.807) is 0 Å². The lowest BCUT2D eigenvalue weighted by atomic mass is 10.0. The summed E-state index contributed by atoms with van der Waals surface area (Å²) in [7, 11) is 0. The largest absolute Gasteiger partial charge is 0.351 e. The van der Waals surface area contributed by atoms with Crippen LogP contribution in [0.25, 0.3) is 0 Å². The molecule has 0 aliphatic rings. The van der Waals surface area contributed by atoms with Crippen LogP contribution in [0.1, 0.15) is 28.9 Å². The van der Waals surface area contributed by atoms with E-state index in [0.717, 1.165) is 5.56 Å². The van der Waals surface area contributed by atoms with Gasteiger partial charge in [-0.05, 0) is 11.5 Å². The van der Waals surface area contributed by atoms with Gasteiger partial charge in [-0.25, -0.2) is 0 Å². The lowest BCUT2D eigenvalue weighted by molar-refractivity contribution is -0.384. The molecule has 1 aromatic heterocycles. The van der Waals surface area contributed by atoms with Crippen molar-refractivity contribution in [3.63, 3.8) is 0 Å². The standard InChI is InChI=1S/C14H15N3O3/c1-10(11-5-3-2-4-6-11)8-16-14(18)13-7-12(9-15-13)17(19)20/h2-7,9-10,15H,8H2,1H3,(H,16,18)/t10-/m0/s1. The summed E-state index contributed by atoms with van der Waals surface area (Å²) in [6.07, 6.45) is 1.20. The van der Waals surface area contributed by atoms with Crippen LogP contribution in [0.5, 0.6) is 0 Å². The molecular weight excluding hydrogens is 258 g/mol. The van der Waals surface area contributed by atoms with Gasteiger partial charge in [0.1, 0.15) is 5.69 Å². The monoisotopic (exact) mass is 273 g/mol. The number of carbonyl (C=O) groups is 1. The minimum Gasteiger partial charge on any atom is -0.351 e. The molecular formula is C14H15N3O3. The second kappa shape index (κ2) is 6.01. The molecule has 0 spiro atoms. The van der Waals surface area contributed by atoms with E-state index in [0.29, 0.717) is 6.54 Å². The maximum atomic E-state index is 11.9. The van der Waals surface area contributed by atoms with Crippen molar-refractivity contribution < 1.29 is 9.72 Å². The van der Waals surface area contributed by atoms with E-state index >= 15 is 0 Å². The fourth-order valence-electron chi connectivity index (χ4n) is 1.86. The highest BCUT2D eigenvalue weighted by Crippen LogP contribution is 2.14. The molecule has 0 saturated carbocycles. The normalized spacial score (nSPS) is 11.8. The Hall–Kier alpha value is -2.63. The van der Waals surface area contributed by atoms with Crippen LogP contribution in [-0.2, 0) is 0 Å². The summed E-state index contributed by atoms with van der Waals surface area (Å²) in [5.74, 6) is -0.175. The molecule has 1 amide bonds. The molecule has 0 fully saturated rings. The quantitative estimate of drug-likeness (QED) is 0.648. The first-order valence-electron chi connectivity index (χ1n) is 6.24. The molecule has 20 heavy (non-hydrogen) atoms. The predicted octanol–water partition coefficient (Wildman–Crippen LogP) is 2.46. The van der Waals surface area contributed by atoms with Crippen LogP contribution >= 0.6 is 0 Å². The molecule has 6 heteroatoms. The third-order valence-corrected chi connectivity index (χ3v) is 3.06. The number of rotatable bonds is 5. The van der Waals surface area contributed by atoms with Gasteiger partial charge in [0.05, 0.1) is 11.1 Å². The fraction of sp³-hybridized carbons (Fsp3) is 0.214. The maximum absolute atomic E-state index is 11.9. The first kappa shape index (κ1) is 13.8. The van der Waals surface area contributed by atoms with Gasteiger partial charge in [-0.2, -0.15) is 0 Å². The molecule has 1 aromatic carbocycles. The number of amides is 1. The minimum absolute atomic E-state index is 0.119. The van der Waals surface area contributed by atoms with Gasteiger partial charge in [-0.15, -0.1) is 0 Å². The molecule has 0 radical (unpaired) electrons. The molecule has 2 rings (SSSR count). The van der Waals surface area contributed by atoms with Crippen LogP contribution < -0.4 is 5.32 Å². The van der Waals surface area contributed by atoms with Gasteiger partial charge in [0.15, 0.2) is 0 Å². The zero-order valence-corrected chi connectivity index (χ0v) is 11.0. The van der Waals surface area contributed by atoms with Crippen LogP contribution in [0.2, 0.25) is 0 Å². The third-order valence-electron chi connectivity index (χ3n) is 3.06. The number of aromatic nitrogens is 1. The summed E-state index contributed by atoms with van der Waals surface area (Å²) in [5, 5.41) is 13.3. The van der Waals surface area contributed by atoms with E-state index in [1.807, 2.05) is 37.3 Å². The smallest absolute Gasteiger partial charge is 0.287 e. The first-order valence-corrected chi connectivity index (χ1v) is 6.24. The minimum atomic E-state index is -0.542. The van der Waals surface area contributed by atoms with Crippen molar-refractivity contribution in [2.45, 2.75) is 12.8 Å². The zero-order chi connectivity index (χ0) is 14.5. The van der Waals surface area contributed by atoms with Crippen molar-refractivity contribution >= 4 is 11.6 Å². The van der Waals surface area contributed by atoms with Crippen molar-refractivity contribution in [3.8, 4) is 0 Å². The summed E-state index contributed by atoms with van der Waals surface area (Å²) < 4.78 is 0. The molecule has 0 aliphatic heterocycles. The summed E-state index contributed by atoms with van der Waals surface area (Å²) in [6, 6.07) is 11.0. The number of aromatic amines is 1. The van der Waals surface area contributed by atoms with Crippen molar-refractivity contribution in [2.75, 3.05) is 6.54 Å². The van der Waals surface area contributed by atoms with Gasteiger partial charge < -0.3 is 10.3 Å². The summed E-state index contributed by atoms with van der Waals surface area (Å²) in [5.41, 5.74) is 1.20. The van der Waals surface area contributed by atoms with Gasteiger partial charge in [0, 0.05) is 12.6 Å². The fourth-order valence-corrected chi connectivity index (χ4v) is 1.86. The molecule has 2 aromatic rings. The Balaban J connectivity index is 1.93. The predicted molar refractivity (Wildman–Crippen MR) is 74.6 cm³/mol. The summed E-state index contributed by atoms with van der Waals surface area (Å²) in [6.45, 7) is 2.47. The number of carbonyl (C=O) groups excluding carboxylic acids is 1. The first-order chi connectivity index (χ1) is 9.58. The van der Waals surface area contributed by atoms with Gasteiger partial charge in [0.2, 0.25) is 0 Å². The second-order valence-corrected chi connectivity index (χ2v) is 4.55. The van der Waals surface area contributed by atoms with Crippen molar-refractivity contribution in [3.05, 3.63) is 64.0 Å². The van der Waals surface area contributed by atoms with Gasteiger partial charge in [-0.3, -0.25) is 14.9 Å². The van der Waals surface area contributed by atoms with Crippen molar-refractivity contribution in [1.29, 1.82) is 0 Å². The lowest BCUT2D eigenvalue weighted by Crippen LogP contribution is -2.27. The van der Waals surface area contributed by atoms with Crippen molar-refractivity contribution in [2.24, 2.45) is 0 Å². The highest BCUT2D eigenvalue weighted by Gasteiger charge is 2.15. The van der Waals surface area contributed by atoms with Gasteiger partial charge in [0.25, 0.3) is 11.6 Å². The number of nitro groups is 1. The van der Waals surface area contributed by atoms with E-state index in [4.69, 9.17) is 0 Å². The Labute approximate surface area is 116 Å². The SMILES string of the molecule is C[C@@H](CNC(=O)c1cc([N+](=O)[O-])c[nH]1)c1ccccc1. The molecule has 1 atom stereocenters. The molecule has 6 nitrogen and oxygen atoms in total. The molecule has 0 unspecified atom stereocenters. The number of nitrogens with zero attached hydrogens (tertiary/aromatic N) is 1. The van der Waals surface area contributed by atoms with E-state index in [2.05, 4.69) is 10.3 Å². The molecule has 0 aliphatic carbocycles. The number of benzene rings is 1. The Morgan fingerprint density at radius 2 is 2.10 bits per heavy atom. The van der Waals surface area contributed by atoms with Crippen LogP contribution in [0.15, 0.2) is 42.6 Å². The van der Waals surface area contributed by atoms with Crippen LogP contribution in [0.4, 0.5) is 5.69 Å².